The van der Waals surface area contributed by atoms with Crippen molar-refractivity contribution in [2.24, 2.45) is 0 Å². The Labute approximate surface area is 141 Å². The molecule has 2 aromatic rings. The predicted molar refractivity (Wildman–Crippen MR) is 91.3 cm³/mol. The molecule has 3 rings (SSSR count). The zero-order chi connectivity index (χ0) is 16.9. The van der Waals surface area contributed by atoms with Crippen LogP contribution < -0.4 is 10.2 Å². The molecule has 6 heteroatoms. The number of phenols is 1. The number of hydrogen-bond donors (Lipinski definition) is 2. The summed E-state index contributed by atoms with van der Waals surface area (Å²) in [6.45, 7) is 5.13. The summed E-state index contributed by atoms with van der Waals surface area (Å²) in [7, 11) is 0. The second-order valence-corrected chi connectivity index (χ2v) is 5.72. The number of carbonyl (C=O) groups is 1. The number of morpholine rings is 1. The van der Waals surface area contributed by atoms with Gasteiger partial charge in [0.2, 0.25) is 0 Å². The van der Waals surface area contributed by atoms with E-state index in [9.17, 15) is 9.90 Å². The molecule has 0 radical (unpaired) electrons. The number of nitrogens with zero attached hydrogens (tertiary/aromatic N) is 2. The number of nitrogens with one attached hydrogen (secondary N) is 1. The zero-order valence-electron chi connectivity index (χ0n) is 13.7. The first-order valence-electron chi connectivity index (χ1n) is 8.00. The van der Waals surface area contributed by atoms with Gasteiger partial charge in [0, 0.05) is 24.2 Å². The van der Waals surface area contributed by atoms with Crippen molar-refractivity contribution in [1.82, 2.24) is 10.3 Å². The van der Waals surface area contributed by atoms with Crippen LogP contribution in [0.15, 0.2) is 36.4 Å². The number of hydrogen-bond acceptors (Lipinski definition) is 5. The van der Waals surface area contributed by atoms with E-state index in [-0.39, 0.29) is 11.7 Å². The van der Waals surface area contributed by atoms with Crippen molar-refractivity contribution in [3.63, 3.8) is 0 Å². The van der Waals surface area contributed by atoms with Crippen LogP contribution in [0.25, 0.3) is 0 Å². The lowest BCUT2D eigenvalue weighted by atomic mass is 10.1. The van der Waals surface area contributed by atoms with Crippen LogP contribution in [-0.2, 0) is 11.3 Å². The smallest absolute Gasteiger partial charge is 0.252 e. The molecule has 2 heterocycles. The summed E-state index contributed by atoms with van der Waals surface area (Å²) in [5.74, 6) is 0.802. The quantitative estimate of drug-likeness (QED) is 0.896. The Morgan fingerprint density at radius 1 is 1.25 bits per heavy atom. The molecule has 1 saturated heterocycles. The Morgan fingerprint density at radius 3 is 2.79 bits per heavy atom. The van der Waals surface area contributed by atoms with Gasteiger partial charge in [0.05, 0.1) is 25.5 Å². The third-order valence-corrected chi connectivity index (χ3v) is 4.11. The maximum atomic E-state index is 12.3. The standard InChI is InChI=1S/C18H21N3O3/c1-13-15(5-3-6-16(13)22)18(23)19-12-14-4-2-7-17(20-14)21-8-10-24-11-9-21/h2-7,22H,8-12H2,1H3,(H,19,23). The molecule has 0 atom stereocenters. The van der Waals surface area contributed by atoms with Gasteiger partial charge < -0.3 is 20.1 Å². The minimum atomic E-state index is -0.220. The molecule has 0 aliphatic carbocycles. The number of aromatic hydroxyl groups is 1. The fourth-order valence-electron chi connectivity index (χ4n) is 2.67. The largest absolute Gasteiger partial charge is 0.508 e. The Bertz CT molecular complexity index is 727. The summed E-state index contributed by atoms with van der Waals surface area (Å²) in [5, 5.41) is 12.6. The van der Waals surface area contributed by atoms with Gasteiger partial charge >= 0.3 is 0 Å². The molecule has 0 spiro atoms. The van der Waals surface area contributed by atoms with E-state index in [4.69, 9.17) is 4.74 Å². The number of ether oxygens (including phenoxy) is 1. The van der Waals surface area contributed by atoms with Crippen LogP contribution in [0.3, 0.4) is 0 Å². The minimum absolute atomic E-state index is 0.120. The number of benzene rings is 1. The number of carbonyl (C=O) groups excluding carboxylic acids is 1. The highest BCUT2D eigenvalue weighted by Gasteiger charge is 2.14. The van der Waals surface area contributed by atoms with Crippen LogP contribution in [0.4, 0.5) is 5.82 Å². The van der Waals surface area contributed by atoms with Crippen molar-refractivity contribution in [2.75, 3.05) is 31.2 Å². The fourth-order valence-corrected chi connectivity index (χ4v) is 2.67. The van der Waals surface area contributed by atoms with Crippen molar-refractivity contribution >= 4 is 11.7 Å². The van der Waals surface area contributed by atoms with E-state index in [1.54, 1.807) is 25.1 Å². The van der Waals surface area contributed by atoms with E-state index >= 15 is 0 Å². The highest BCUT2D eigenvalue weighted by Crippen LogP contribution is 2.19. The Morgan fingerprint density at radius 2 is 2.00 bits per heavy atom. The topological polar surface area (TPSA) is 74.7 Å². The Hall–Kier alpha value is -2.60. The van der Waals surface area contributed by atoms with Crippen LogP contribution >= 0.6 is 0 Å². The van der Waals surface area contributed by atoms with Gasteiger partial charge in [-0.15, -0.1) is 0 Å². The average Bonchev–Trinajstić information content (AvgIpc) is 2.63. The molecular formula is C18H21N3O3. The molecule has 1 aliphatic rings. The van der Waals surface area contributed by atoms with Crippen molar-refractivity contribution in [2.45, 2.75) is 13.5 Å². The summed E-state index contributed by atoms with van der Waals surface area (Å²) >= 11 is 0. The maximum Gasteiger partial charge on any atom is 0.252 e. The lowest BCUT2D eigenvalue weighted by Crippen LogP contribution is -2.37. The molecule has 1 amide bonds. The van der Waals surface area contributed by atoms with Crippen LogP contribution in [0.5, 0.6) is 5.75 Å². The molecule has 1 aromatic carbocycles. The zero-order valence-corrected chi connectivity index (χ0v) is 13.7. The number of anilines is 1. The van der Waals surface area contributed by atoms with Crippen molar-refractivity contribution in [1.29, 1.82) is 0 Å². The molecule has 1 aliphatic heterocycles. The third-order valence-electron chi connectivity index (χ3n) is 4.11. The molecule has 0 bridgehead atoms. The highest BCUT2D eigenvalue weighted by molar-refractivity contribution is 5.96. The average molecular weight is 327 g/mol. The summed E-state index contributed by atoms with van der Waals surface area (Å²) in [4.78, 5) is 19.1. The van der Waals surface area contributed by atoms with E-state index in [0.29, 0.717) is 30.9 Å². The Balaban J connectivity index is 1.66. The van der Waals surface area contributed by atoms with Crippen molar-refractivity contribution < 1.29 is 14.6 Å². The summed E-state index contributed by atoms with van der Waals surface area (Å²) < 4.78 is 5.35. The summed E-state index contributed by atoms with van der Waals surface area (Å²) in [5.41, 5.74) is 1.84. The normalized spacial score (nSPS) is 14.5. The number of amides is 1. The molecular weight excluding hydrogens is 306 g/mol. The minimum Gasteiger partial charge on any atom is -0.508 e. The van der Waals surface area contributed by atoms with Crippen molar-refractivity contribution in [3.05, 3.63) is 53.2 Å². The van der Waals surface area contributed by atoms with Crippen LogP contribution in [-0.4, -0.2) is 42.3 Å². The second kappa shape index (κ2) is 7.31. The van der Waals surface area contributed by atoms with E-state index in [0.717, 1.165) is 24.6 Å². The monoisotopic (exact) mass is 327 g/mol. The fraction of sp³-hybridized carbons (Fsp3) is 0.333. The molecule has 0 saturated carbocycles. The second-order valence-electron chi connectivity index (χ2n) is 5.72. The summed E-state index contributed by atoms with van der Waals surface area (Å²) in [6, 6.07) is 10.7. The van der Waals surface area contributed by atoms with Crippen LogP contribution in [0, 0.1) is 6.92 Å². The maximum absolute atomic E-state index is 12.3. The number of aromatic nitrogens is 1. The van der Waals surface area contributed by atoms with Gasteiger partial charge in [0.25, 0.3) is 5.91 Å². The first kappa shape index (κ1) is 16.3. The van der Waals surface area contributed by atoms with Crippen LogP contribution in [0.2, 0.25) is 0 Å². The first-order chi connectivity index (χ1) is 11.6. The Kier molecular flexibility index (Phi) is 4.96. The van der Waals surface area contributed by atoms with E-state index < -0.39 is 0 Å². The number of pyridine rings is 1. The number of phenolic OH excluding ortho intramolecular Hbond substituents is 1. The van der Waals surface area contributed by atoms with Gasteiger partial charge in [-0.05, 0) is 31.2 Å². The molecule has 0 unspecified atom stereocenters. The molecule has 24 heavy (non-hydrogen) atoms. The van der Waals surface area contributed by atoms with E-state index in [2.05, 4.69) is 15.2 Å². The van der Waals surface area contributed by atoms with Crippen LogP contribution in [0.1, 0.15) is 21.6 Å². The molecule has 1 aromatic heterocycles. The molecule has 1 fully saturated rings. The SMILES string of the molecule is Cc1c(O)cccc1C(=O)NCc1cccc(N2CCOCC2)n1. The molecule has 126 valence electrons. The van der Waals surface area contributed by atoms with Gasteiger partial charge in [-0.1, -0.05) is 12.1 Å². The van der Waals surface area contributed by atoms with Gasteiger partial charge in [-0.25, -0.2) is 4.98 Å². The summed E-state index contributed by atoms with van der Waals surface area (Å²) in [6.07, 6.45) is 0. The predicted octanol–water partition coefficient (Wildman–Crippen LogP) is 1.86. The van der Waals surface area contributed by atoms with Gasteiger partial charge in [0.1, 0.15) is 11.6 Å². The number of rotatable bonds is 4. The van der Waals surface area contributed by atoms with Gasteiger partial charge in [-0.2, -0.15) is 0 Å². The van der Waals surface area contributed by atoms with Gasteiger partial charge in [-0.3, -0.25) is 4.79 Å². The highest BCUT2D eigenvalue weighted by atomic mass is 16.5. The lowest BCUT2D eigenvalue weighted by Gasteiger charge is -2.28. The van der Waals surface area contributed by atoms with E-state index in [1.165, 1.54) is 0 Å². The third kappa shape index (κ3) is 3.65. The molecule has 6 nitrogen and oxygen atoms in total. The van der Waals surface area contributed by atoms with E-state index in [1.807, 2.05) is 18.2 Å². The lowest BCUT2D eigenvalue weighted by molar-refractivity contribution is 0.0949. The molecule has 2 N–H and O–H groups in total. The first-order valence-corrected chi connectivity index (χ1v) is 8.00. The van der Waals surface area contributed by atoms with Crippen molar-refractivity contribution in [3.8, 4) is 5.75 Å². The van der Waals surface area contributed by atoms with Gasteiger partial charge in [0.15, 0.2) is 0 Å².